The number of ether oxygens (including phenoxy) is 1. The Labute approximate surface area is 176 Å². The topological polar surface area (TPSA) is 75.7 Å². The van der Waals surface area contributed by atoms with Crippen LogP contribution in [0.1, 0.15) is 22.3 Å². The van der Waals surface area contributed by atoms with Gasteiger partial charge in [-0.05, 0) is 30.7 Å². The van der Waals surface area contributed by atoms with Crippen LogP contribution in [0.2, 0.25) is 15.1 Å². The standard InChI is InChI=1S/C17H14Cl3FN2O4S/c18-13-3-2-11(7-15(13)20)27-9-10-6-16(21)12(8-14(10)19)17(24)22-28(25,26)23-4-1-5-23/h2-3,6-8H,1,4-5,9H2,(H,22,24). The van der Waals surface area contributed by atoms with Crippen molar-refractivity contribution in [1.29, 1.82) is 0 Å². The van der Waals surface area contributed by atoms with E-state index >= 15 is 0 Å². The van der Waals surface area contributed by atoms with Gasteiger partial charge in [0, 0.05) is 29.7 Å². The van der Waals surface area contributed by atoms with E-state index in [1.165, 1.54) is 6.07 Å². The molecule has 1 fully saturated rings. The van der Waals surface area contributed by atoms with Gasteiger partial charge in [-0.25, -0.2) is 9.11 Å². The van der Waals surface area contributed by atoms with Crippen LogP contribution in [0.25, 0.3) is 0 Å². The Bertz CT molecular complexity index is 1030. The van der Waals surface area contributed by atoms with Crippen LogP contribution in [-0.2, 0) is 16.8 Å². The van der Waals surface area contributed by atoms with Crippen LogP contribution in [0, 0.1) is 5.82 Å². The molecule has 1 heterocycles. The summed E-state index contributed by atoms with van der Waals surface area (Å²) in [5, 5.41) is 0.710. The van der Waals surface area contributed by atoms with Crippen LogP contribution in [0.15, 0.2) is 30.3 Å². The predicted molar refractivity (Wildman–Crippen MR) is 105 cm³/mol. The molecule has 0 radical (unpaired) electrons. The number of hydrogen-bond acceptors (Lipinski definition) is 4. The molecule has 0 aliphatic carbocycles. The minimum Gasteiger partial charge on any atom is -0.489 e. The monoisotopic (exact) mass is 466 g/mol. The van der Waals surface area contributed by atoms with Gasteiger partial charge in [0.1, 0.15) is 18.2 Å². The summed E-state index contributed by atoms with van der Waals surface area (Å²) in [4.78, 5) is 12.2. The molecule has 28 heavy (non-hydrogen) atoms. The van der Waals surface area contributed by atoms with Crippen molar-refractivity contribution in [3.05, 3.63) is 62.3 Å². The first-order chi connectivity index (χ1) is 13.2. The van der Waals surface area contributed by atoms with E-state index in [0.29, 0.717) is 35.3 Å². The van der Waals surface area contributed by atoms with Gasteiger partial charge in [0.25, 0.3) is 5.91 Å². The summed E-state index contributed by atoms with van der Waals surface area (Å²) in [6, 6.07) is 6.71. The molecule has 0 bridgehead atoms. The van der Waals surface area contributed by atoms with E-state index in [4.69, 9.17) is 39.5 Å². The fourth-order valence-corrected chi connectivity index (χ4v) is 4.08. The Balaban J connectivity index is 1.73. The molecule has 1 aliphatic heterocycles. The maximum atomic E-state index is 14.4. The molecule has 1 amide bonds. The number of halogens is 4. The van der Waals surface area contributed by atoms with Gasteiger partial charge in [0.15, 0.2) is 0 Å². The molecule has 6 nitrogen and oxygen atoms in total. The third kappa shape index (κ3) is 4.69. The van der Waals surface area contributed by atoms with Gasteiger partial charge in [-0.3, -0.25) is 4.79 Å². The Morgan fingerprint density at radius 3 is 2.43 bits per heavy atom. The molecule has 1 N–H and O–H groups in total. The maximum absolute atomic E-state index is 14.4. The van der Waals surface area contributed by atoms with Crippen molar-refractivity contribution in [3.8, 4) is 5.75 Å². The van der Waals surface area contributed by atoms with E-state index in [1.54, 1.807) is 12.1 Å². The van der Waals surface area contributed by atoms with Crippen molar-refractivity contribution in [1.82, 2.24) is 9.03 Å². The van der Waals surface area contributed by atoms with E-state index in [-0.39, 0.29) is 17.2 Å². The van der Waals surface area contributed by atoms with Gasteiger partial charge in [-0.2, -0.15) is 12.7 Å². The van der Waals surface area contributed by atoms with Gasteiger partial charge < -0.3 is 4.74 Å². The number of carbonyl (C=O) groups excluding carboxylic acids is 1. The number of rotatable bonds is 6. The lowest BCUT2D eigenvalue weighted by atomic mass is 10.1. The Morgan fingerprint density at radius 2 is 1.82 bits per heavy atom. The fourth-order valence-electron chi connectivity index (χ4n) is 2.36. The molecule has 11 heteroatoms. The SMILES string of the molecule is O=C(NS(=O)(=O)N1CCC1)c1cc(Cl)c(COc2ccc(Cl)c(Cl)c2)cc1F. The van der Waals surface area contributed by atoms with Crippen molar-refractivity contribution >= 4 is 50.9 Å². The van der Waals surface area contributed by atoms with Crippen LogP contribution in [-0.4, -0.2) is 31.7 Å². The third-order valence-electron chi connectivity index (χ3n) is 4.04. The van der Waals surface area contributed by atoms with Crippen LogP contribution in [0.5, 0.6) is 5.75 Å². The summed E-state index contributed by atoms with van der Waals surface area (Å²) >= 11 is 17.8. The molecule has 0 saturated carbocycles. The smallest absolute Gasteiger partial charge is 0.304 e. The molecule has 2 aromatic carbocycles. The number of nitrogens with zero attached hydrogens (tertiary/aromatic N) is 1. The second-order valence-corrected chi connectivity index (χ2v) is 8.87. The summed E-state index contributed by atoms with van der Waals surface area (Å²) in [5.41, 5.74) is -0.209. The Hall–Kier alpha value is -1.58. The average Bonchev–Trinajstić information content (AvgIpc) is 2.55. The second kappa shape index (κ2) is 8.42. The van der Waals surface area contributed by atoms with E-state index in [9.17, 15) is 17.6 Å². The van der Waals surface area contributed by atoms with Crippen LogP contribution >= 0.6 is 34.8 Å². The van der Waals surface area contributed by atoms with Crippen molar-refractivity contribution in [2.45, 2.75) is 13.0 Å². The molecule has 2 aromatic rings. The molecule has 1 saturated heterocycles. The minimum atomic E-state index is -3.99. The lowest BCUT2D eigenvalue weighted by Crippen LogP contribution is -2.49. The summed E-state index contributed by atoms with van der Waals surface area (Å²) in [6.45, 7) is 0.537. The molecule has 1 aliphatic rings. The van der Waals surface area contributed by atoms with Crippen LogP contribution < -0.4 is 9.46 Å². The molecule has 0 aromatic heterocycles. The molecule has 150 valence electrons. The summed E-state index contributed by atoms with van der Waals surface area (Å²) in [7, 11) is -3.99. The summed E-state index contributed by atoms with van der Waals surface area (Å²) < 4.78 is 46.7. The first kappa shape index (κ1) is 21.1. The predicted octanol–water partition coefficient (Wildman–Crippen LogP) is 4.05. The number of benzene rings is 2. The van der Waals surface area contributed by atoms with Gasteiger partial charge in [-0.1, -0.05) is 34.8 Å². The highest BCUT2D eigenvalue weighted by Crippen LogP contribution is 2.28. The fraction of sp³-hybridized carbons (Fsp3) is 0.235. The van der Waals surface area contributed by atoms with Gasteiger partial charge >= 0.3 is 10.2 Å². The average molecular weight is 468 g/mol. The zero-order valence-corrected chi connectivity index (χ0v) is 17.3. The molecular formula is C17H14Cl3FN2O4S. The van der Waals surface area contributed by atoms with Gasteiger partial charge in [-0.15, -0.1) is 0 Å². The Morgan fingerprint density at radius 1 is 1.11 bits per heavy atom. The number of carbonyl (C=O) groups is 1. The lowest BCUT2D eigenvalue weighted by Gasteiger charge is -2.29. The largest absolute Gasteiger partial charge is 0.489 e. The van der Waals surface area contributed by atoms with E-state index in [0.717, 1.165) is 16.4 Å². The lowest BCUT2D eigenvalue weighted by molar-refractivity contribution is 0.0973. The van der Waals surface area contributed by atoms with E-state index < -0.39 is 27.5 Å². The van der Waals surface area contributed by atoms with Gasteiger partial charge in [0.2, 0.25) is 0 Å². The Kier molecular flexibility index (Phi) is 6.36. The molecular weight excluding hydrogens is 454 g/mol. The minimum absolute atomic E-state index is 0.0490. The zero-order valence-electron chi connectivity index (χ0n) is 14.2. The third-order valence-corrected chi connectivity index (χ3v) is 6.62. The maximum Gasteiger partial charge on any atom is 0.304 e. The van der Waals surface area contributed by atoms with E-state index in [2.05, 4.69) is 0 Å². The van der Waals surface area contributed by atoms with Crippen LogP contribution in [0.4, 0.5) is 4.39 Å². The first-order valence-corrected chi connectivity index (χ1v) is 10.6. The molecule has 3 rings (SSSR count). The van der Waals surface area contributed by atoms with E-state index in [1.807, 2.05) is 4.72 Å². The number of hydrogen-bond donors (Lipinski definition) is 1. The highest BCUT2D eigenvalue weighted by atomic mass is 35.5. The second-order valence-electron chi connectivity index (χ2n) is 5.98. The van der Waals surface area contributed by atoms with Crippen LogP contribution in [0.3, 0.4) is 0 Å². The normalized spacial score (nSPS) is 14.4. The first-order valence-electron chi connectivity index (χ1n) is 8.05. The summed E-state index contributed by atoms with van der Waals surface area (Å²) in [6.07, 6.45) is 0.711. The number of nitrogens with one attached hydrogen (secondary N) is 1. The number of amides is 1. The molecule has 0 atom stereocenters. The summed E-state index contributed by atoms with van der Waals surface area (Å²) in [5.74, 6) is -1.62. The quantitative estimate of drug-likeness (QED) is 0.695. The van der Waals surface area contributed by atoms with Crippen molar-refractivity contribution in [2.75, 3.05) is 13.1 Å². The highest BCUT2D eigenvalue weighted by molar-refractivity contribution is 7.87. The zero-order chi connectivity index (χ0) is 20.5. The van der Waals surface area contributed by atoms with Crippen molar-refractivity contribution < 1.29 is 22.3 Å². The molecule has 0 unspecified atom stereocenters. The van der Waals surface area contributed by atoms with Gasteiger partial charge in [0.05, 0.1) is 15.6 Å². The highest BCUT2D eigenvalue weighted by Gasteiger charge is 2.30. The van der Waals surface area contributed by atoms with Crippen molar-refractivity contribution in [3.63, 3.8) is 0 Å². The molecule has 0 spiro atoms. The van der Waals surface area contributed by atoms with Crippen molar-refractivity contribution in [2.24, 2.45) is 0 Å².